The molecule has 0 radical (unpaired) electrons. The van der Waals surface area contributed by atoms with Gasteiger partial charge in [0.25, 0.3) is 8.53 Å². The molecule has 14 heavy (non-hydrogen) atoms. The molecule has 2 atom stereocenters. The Kier molecular flexibility index (Phi) is 6.94. The number of hydrogen-bond donors (Lipinski definition) is 1. The molecule has 0 aliphatic carbocycles. The second-order valence-electron chi connectivity index (χ2n) is 3.04. The molecule has 0 aliphatic rings. The summed E-state index contributed by atoms with van der Waals surface area (Å²) in [7, 11) is -1.93. The van der Waals surface area contributed by atoms with Crippen LogP contribution in [-0.2, 0) is 4.52 Å². The topological polar surface area (TPSA) is 56.5 Å². The zero-order valence-electron chi connectivity index (χ0n) is 8.64. The van der Waals surface area contributed by atoms with Gasteiger partial charge in [0.1, 0.15) is 0 Å². The van der Waals surface area contributed by atoms with Gasteiger partial charge in [-0.05, 0) is 20.8 Å². The molecule has 0 aromatic rings. The van der Waals surface area contributed by atoms with Crippen LogP contribution >= 0.6 is 8.53 Å². The molecule has 82 valence electrons. The molecule has 0 bridgehead atoms. The summed E-state index contributed by atoms with van der Waals surface area (Å²) in [5.74, 6) is 0. The SMILES string of the molecule is CC(C)N(C(C)F)P(O)OCCC#N. The van der Waals surface area contributed by atoms with Gasteiger partial charge in [0.15, 0.2) is 6.30 Å². The predicted octanol–water partition coefficient (Wildman–Crippen LogP) is 2.16. The van der Waals surface area contributed by atoms with Crippen molar-refractivity contribution in [3.63, 3.8) is 0 Å². The van der Waals surface area contributed by atoms with Crippen LogP contribution < -0.4 is 0 Å². The van der Waals surface area contributed by atoms with Crippen molar-refractivity contribution in [1.82, 2.24) is 4.67 Å². The zero-order valence-corrected chi connectivity index (χ0v) is 9.54. The van der Waals surface area contributed by atoms with Gasteiger partial charge in [-0.2, -0.15) is 5.26 Å². The van der Waals surface area contributed by atoms with Crippen molar-refractivity contribution in [2.75, 3.05) is 6.61 Å². The Bertz CT molecular complexity index is 188. The second kappa shape index (κ2) is 7.08. The predicted molar refractivity (Wildman–Crippen MR) is 52.9 cm³/mol. The van der Waals surface area contributed by atoms with Crippen molar-refractivity contribution in [2.24, 2.45) is 0 Å². The van der Waals surface area contributed by atoms with Gasteiger partial charge in [0, 0.05) is 6.04 Å². The monoisotopic (exact) mass is 222 g/mol. The van der Waals surface area contributed by atoms with Gasteiger partial charge in [-0.1, -0.05) is 0 Å². The summed E-state index contributed by atoms with van der Waals surface area (Å²) in [5.41, 5.74) is 0. The molecule has 0 aliphatic heterocycles. The van der Waals surface area contributed by atoms with Crippen molar-refractivity contribution in [3.8, 4) is 6.07 Å². The highest BCUT2D eigenvalue weighted by molar-refractivity contribution is 7.43. The van der Waals surface area contributed by atoms with Crippen LogP contribution in [0.5, 0.6) is 0 Å². The highest BCUT2D eigenvalue weighted by Gasteiger charge is 2.26. The molecular weight excluding hydrogens is 206 g/mol. The van der Waals surface area contributed by atoms with Gasteiger partial charge < -0.3 is 9.42 Å². The number of halogens is 1. The first kappa shape index (κ1) is 13.7. The molecule has 0 aromatic heterocycles. The third-order valence-electron chi connectivity index (χ3n) is 1.51. The average Bonchev–Trinajstić information content (AvgIpc) is 2.03. The van der Waals surface area contributed by atoms with E-state index in [0.717, 1.165) is 0 Å². The number of nitriles is 1. The molecule has 0 saturated carbocycles. The molecule has 6 heteroatoms. The second-order valence-corrected chi connectivity index (χ2v) is 4.27. The third kappa shape index (κ3) is 4.83. The van der Waals surface area contributed by atoms with Crippen LogP contribution in [-0.4, -0.2) is 28.5 Å². The Morgan fingerprint density at radius 1 is 1.57 bits per heavy atom. The quantitative estimate of drug-likeness (QED) is 0.425. The highest BCUT2D eigenvalue weighted by atomic mass is 31.2. The van der Waals surface area contributed by atoms with E-state index in [4.69, 9.17) is 9.79 Å². The minimum absolute atomic E-state index is 0.131. The van der Waals surface area contributed by atoms with Crippen LogP contribution in [0.1, 0.15) is 27.2 Å². The highest BCUT2D eigenvalue weighted by Crippen LogP contribution is 2.40. The summed E-state index contributed by atoms with van der Waals surface area (Å²) in [6.07, 6.45) is -1.06. The fourth-order valence-corrected chi connectivity index (χ4v) is 2.04. The fourth-order valence-electron chi connectivity index (χ4n) is 0.984. The number of rotatable bonds is 6. The maximum absolute atomic E-state index is 13.0. The van der Waals surface area contributed by atoms with E-state index >= 15 is 0 Å². The van der Waals surface area contributed by atoms with Gasteiger partial charge >= 0.3 is 0 Å². The number of alkyl halides is 1. The fraction of sp³-hybridized carbons (Fsp3) is 0.875. The van der Waals surface area contributed by atoms with E-state index in [9.17, 15) is 9.28 Å². The van der Waals surface area contributed by atoms with E-state index in [1.54, 1.807) is 13.8 Å². The van der Waals surface area contributed by atoms with E-state index in [1.807, 2.05) is 6.07 Å². The molecule has 0 rings (SSSR count). The Balaban J connectivity index is 4.03. The molecule has 0 amide bonds. The third-order valence-corrected chi connectivity index (χ3v) is 3.10. The largest absolute Gasteiger partial charge is 0.338 e. The van der Waals surface area contributed by atoms with Crippen LogP contribution in [0, 0.1) is 11.3 Å². The maximum Gasteiger partial charge on any atom is 0.258 e. The Morgan fingerprint density at radius 2 is 2.14 bits per heavy atom. The van der Waals surface area contributed by atoms with E-state index in [2.05, 4.69) is 0 Å². The van der Waals surface area contributed by atoms with Crippen molar-refractivity contribution < 1.29 is 13.8 Å². The summed E-state index contributed by atoms with van der Waals surface area (Å²) >= 11 is 0. The normalized spacial score (nSPS) is 15.6. The lowest BCUT2D eigenvalue weighted by atomic mass is 10.4. The van der Waals surface area contributed by atoms with Crippen molar-refractivity contribution in [3.05, 3.63) is 0 Å². The summed E-state index contributed by atoms with van der Waals surface area (Å²) in [5, 5.41) is 8.24. The molecule has 1 N–H and O–H groups in total. The van der Waals surface area contributed by atoms with Crippen LogP contribution in [0.2, 0.25) is 0 Å². The van der Waals surface area contributed by atoms with Crippen molar-refractivity contribution >= 4 is 8.53 Å². The van der Waals surface area contributed by atoms with E-state index < -0.39 is 14.8 Å². The van der Waals surface area contributed by atoms with Gasteiger partial charge in [0.05, 0.1) is 19.1 Å². The number of hydrogen-bond acceptors (Lipinski definition) is 4. The van der Waals surface area contributed by atoms with Crippen LogP contribution in [0.4, 0.5) is 4.39 Å². The summed E-state index contributed by atoms with van der Waals surface area (Å²) in [6.45, 7) is 5.03. The Morgan fingerprint density at radius 3 is 2.50 bits per heavy atom. The summed E-state index contributed by atoms with van der Waals surface area (Å²) in [4.78, 5) is 9.50. The first-order valence-electron chi connectivity index (χ1n) is 4.42. The minimum Gasteiger partial charge on any atom is -0.338 e. The van der Waals surface area contributed by atoms with Crippen molar-refractivity contribution in [1.29, 1.82) is 5.26 Å². The maximum atomic E-state index is 13.0. The summed E-state index contributed by atoms with van der Waals surface area (Å²) < 4.78 is 19.2. The lowest BCUT2D eigenvalue weighted by molar-refractivity contribution is 0.125. The first-order valence-corrected chi connectivity index (χ1v) is 5.58. The molecular formula is C8H16FN2O2P. The molecule has 0 saturated heterocycles. The Hall–Kier alpha value is -0.270. The van der Waals surface area contributed by atoms with E-state index in [0.29, 0.717) is 0 Å². The smallest absolute Gasteiger partial charge is 0.258 e. The molecule has 0 aromatic carbocycles. The first-order chi connectivity index (χ1) is 6.50. The van der Waals surface area contributed by atoms with Crippen molar-refractivity contribution in [2.45, 2.75) is 39.5 Å². The lowest BCUT2D eigenvalue weighted by Crippen LogP contribution is -2.32. The van der Waals surface area contributed by atoms with Crippen LogP contribution in [0.3, 0.4) is 0 Å². The molecule has 0 heterocycles. The van der Waals surface area contributed by atoms with Crippen LogP contribution in [0.15, 0.2) is 0 Å². The standard InChI is InChI=1S/C8H16FN2O2P/c1-7(2)11(8(3)9)14(12)13-6-4-5-10/h7-8,12H,4,6H2,1-3H3. The van der Waals surface area contributed by atoms with E-state index in [1.165, 1.54) is 11.6 Å². The lowest BCUT2D eigenvalue weighted by Gasteiger charge is -2.30. The van der Waals surface area contributed by atoms with Gasteiger partial charge in [-0.25, -0.2) is 9.06 Å². The van der Waals surface area contributed by atoms with Gasteiger partial charge in [0.2, 0.25) is 0 Å². The molecule has 2 unspecified atom stereocenters. The molecule has 0 fully saturated rings. The molecule has 4 nitrogen and oxygen atoms in total. The minimum atomic E-state index is -1.93. The number of nitrogens with zero attached hydrogens (tertiary/aromatic N) is 2. The van der Waals surface area contributed by atoms with E-state index in [-0.39, 0.29) is 19.1 Å². The molecule has 0 spiro atoms. The van der Waals surface area contributed by atoms with Gasteiger partial charge in [-0.15, -0.1) is 0 Å². The van der Waals surface area contributed by atoms with Gasteiger partial charge in [-0.3, -0.25) is 0 Å². The van der Waals surface area contributed by atoms with Crippen LogP contribution in [0.25, 0.3) is 0 Å². The Labute approximate surface area is 85.2 Å². The zero-order chi connectivity index (χ0) is 11.1. The average molecular weight is 222 g/mol. The summed E-state index contributed by atoms with van der Waals surface area (Å²) in [6, 6.07) is 1.75.